The van der Waals surface area contributed by atoms with E-state index in [9.17, 15) is 23.4 Å². The number of fused-ring (bicyclic) bond motifs is 6. The molecule has 4 saturated carbocycles. The maximum Gasteiger partial charge on any atom is 0.328 e. The second-order valence-corrected chi connectivity index (χ2v) is 16.9. The van der Waals surface area contributed by atoms with Crippen LogP contribution in [0, 0.1) is 52.3 Å². The first kappa shape index (κ1) is 31.8. The van der Waals surface area contributed by atoms with Gasteiger partial charge in [0, 0.05) is 6.54 Å². The van der Waals surface area contributed by atoms with Crippen LogP contribution < -0.4 is 10.0 Å². The number of rotatable bonds is 7. The first-order valence-electron chi connectivity index (χ1n) is 17.0. The lowest BCUT2D eigenvalue weighted by atomic mass is 9.41. The minimum absolute atomic E-state index is 0.0695. The molecule has 44 heavy (non-hydrogen) atoms. The van der Waals surface area contributed by atoms with Gasteiger partial charge in [-0.2, -0.15) is 0 Å². The molecule has 242 valence electrons. The van der Waals surface area contributed by atoms with Crippen molar-refractivity contribution < 1.29 is 23.4 Å². The Bertz CT molecular complexity index is 1480. The van der Waals surface area contributed by atoms with Gasteiger partial charge in [-0.05, 0) is 127 Å². The van der Waals surface area contributed by atoms with Crippen molar-refractivity contribution in [2.75, 3.05) is 6.54 Å². The molecule has 4 aliphatic rings. The number of carbonyl (C=O) groups is 1. The minimum Gasteiger partial charge on any atom is -0.393 e. The van der Waals surface area contributed by atoms with Crippen LogP contribution in [0.25, 0.3) is 10.8 Å². The van der Waals surface area contributed by atoms with Crippen LogP contribution in [0.15, 0.2) is 47.4 Å². The normalized spacial score (nSPS) is 39.1. The number of aliphatic hydroxyl groups is 2. The molecule has 0 bridgehead atoms. The molecule has 0 aliphatic heterocycles. The van der Waals surface area contributed by atoms with Gasteiger partial charge in [-0.25, -0.2) is 17.9 Å². The molecule has 4 unspecified atom stereocenters. The summed E-state index contributed by atoms with van der Waals surface area (Å²) in [5.74, 6) is 2.85. The molecule has 4 fully saturated rings. The summed E-state index contributed by atoms with van der Waals surface area (Å²) in [6, 6.07) is 11.7. The van der Waals surface area contributed by atoms with E-state index in [4.69, 9.17) is 0 Å². The molecule has 0 heterocycles. The zero-order chi connectivity index (χ0) is 31.4. The summed E-state index contributed by atoms with van der Waals surface area (Å²) in [6.07, 6.45) is 8.58. The minimum atomic E-state index is -3.98. The maximum absolute atomic E-state index is 12.9. The number of aliphatic hydroxyl groups excluding tert-OH is 2. The highest BCUT2D eigenvalue weighted by atomic mass is 32.2. The maximum atomic E-state index is 12.9. The highest BCUT2D eigenvalue weighted by Gasteiger charge is 2.64. The Hall–Kier alpha value is -2.16. The van der Waals surface area contributed by atoms with Crippen LogP contribution in [0.3, 0.4) is 0 Å². The van der Waals surface area contributed by atoms with Gasteiger partial charge in [-0.15, -0.1) is 0 Å². The van der Waals surface area contributed by atoms with Crippen LogP contribution >= 0.6 is 0 Å². The summed E-state index contributed by atoms with van der Waals surface area (Å²) in [6.45, 7) is 9.84. The van der Waals surface area contributed by atoms with Crippen molar-refractivity contribution >= 4 is 26.8 Å². The van der Waals surface area contributed by atoms with Gasteiger partial charge in [0.1, 0.15) is 0 Å². The second-order valence-electron chi connectivity index (χ2n) is 15.3. The van der Waals surface area contributed by atoms with Gasteiger partial charge in [-0.3, -0.25) is 0 Å². The van der Waals surface area contributed by atoms with Crippen molar-refractivity contribution in [1.82, 2.24) is 10.0 Å². The van der Waals surface area contributed by atoms with Crippen LogP contribution in [0.1, 0.15) is 85.5 Å². The molecule has 0 spiro atoms. The van der Waals surface area contributed by atoms with Crippen LogP contribution in [-0.4, -0.2) is 43.4 Å². The zero-order valence-corrected chi connectivity index (χ0v) is 27.7. The average Bonchev–Trinajstić information content (AvgIpc) is 3.35. The quantitative estimate of drug-likeness (QED) is 0.282. The monoisotopic (exact) mass is 624 g/mol. The molecule has 0 aromatic heterocycles. The predicted molar refractivity (Wildman–Crippen MR) is 173 cm³/mol. The number of hydrogen-bond acceptors (Lipinski definition) is 5. The highest BCUT2D eigenvalue weighted by Crippen LogP contribution is 2.69. The fraction of sp³-hybridized carbons (Fsp3) is 0.694. The molecule has 0 radical (unpaired) electrons. The third-order valence-corrected chi connectivity index (χ3v) is 14.6. The summed E-state index contributed by atoms with van der Waals surface area (Å²) in [7, 11) is -3.98. The van der Waals surface area contributed by atoms with E-state index in [2.05, 4.69) is 37.7 Å². The molecule has 7 nitrogen and oxygen atoms in total. The van der Waals surface area contributed by atoms with Gasteiger partial charge < -0.3 is 15.5 Å². The van der Waals surface area contributed by atoms with E-state index in [0.29, 0.717) is 42.1 Å². The smallest absolute Gasteiger partial charge is 0.328 e. The van der Waals surface area contributed by atoms with E-state index in [0.717, 1.165) is 62.1 Å². The Balaban J connectivity index is 1.08. The van der Waals surface area contributed by atoms with Crippen molar-refractivity contribution in [3.8, 4) is 0 Å². The van der Waals surface area contributed by atoms with Crippen molar-refractivity contribution in [3.05, 3.63) is 42.5 Å². The molecule has 11 atom stereocenters. The molecule has 4 aliphatic carbocycles. The van der Waals surface area contributed by atoms with Gasteiger partial charge >= 0.3 is 6.03 Å². The molecule has 6 rings (SSSR count). The van der Waals surface area contributed by atoms with Crippen LogP contribution in [0.5, 0.6) is 0 Å². The number of nitrogens with one attached hydrogen (secondary N) is 2. The molecule has 2 amide bonds. The Morgan fingerprint density at radius 2 is 1.66 bits per heavy atom. The summed E-state index contributed by atoms with van der Waals surface area (Å²) < 4.78 is 28.0. The third kappa shape index (κ3) is 5.37. The van der Waals surface area contributed by atoms with Crippen LogP contribution in [0.4, 0.5) is 4.79 Å². The van der Waals surface area contributed by atoms with E-state index < -0.39 is 16.1 Å². The Morgan fingerprint density at radius 1 is 0.955 bits per heavy atom. The second kappa shape index (κ2) is 11.9. The largest absolute Gasteiger partial charge is 0.393 e. The van der Waals surface area contributed by atoms with Crippen LogP contribution in [0.2, 0.25) is 0 Å². The molecular formula is C36H52N2O5S. The summed E-state index contributed by atoms with van der Waals surface area (Å²) in [4.78, 5) is 12.7. The van der Waals surface area contributed by atoms with Crippen molar-refractivity contribution in [3.63, 3.8) is 0 Å². The molecule has 2 aromatic carbocycles. The SMILES string of the molecule is CC[C@@H]1C2C[C@H](O)CCC2(C)[C@H]2CCC3(C)C([C@H](C)CCNC(=O)NS(=O)(=O)c4ccc5ccccc5c4)CC[C@H]3[C@@H]2[C@@H]1O. The number of sulfonamides is 1. The third-order valence-electron chi connectivity index (χ3n) is 13.3. The van der Waals surface area contributed by atoms with E-state index in [1.165, 1.54) is 12.5 Å². The first-order valence-corrected chi connectivity index (χ1v) is 18.5. The summed E-state index contributed by atoms with van der Waals surface area (Å²) >= 11 is 0. The average molecular weight is 625 g/mol. The molecular weight excluding hydrogens is 572 g/mol. The molecule has 2 aromatic rings. The van der Waals surface area contributed by atoms with Gasteiger partial charge in [0.15, 0.2) is 0 Å². The number of urea groups is 1. The Labute approximate surface area is 263 Å². The molecule has 0 saturated heterocycles. The lowest BCUT2D eigenvalue weighted by molar-refractivity contribution is -0.203. The number of benzene rings is 2. The van der Waals surface area contributed by atoms with Gasteiger partial charge in [0.2, 0.25) is 0 Å². The first-order chi connectivity index (χ1) is 20.9. The lowest BCUT2D eigenvalue weighted by Crippen LogP contribution is -2.62. The predicted octanol–water partition coefficient (Wildman–Crippen LogP) is 6.48. The van der Waals surface area contributed by atoms with Crippen molar-refractivity contribution in [2.24, 2.45) is 52.3 Å². The Kier molecular flexibility index (Phi) is 8.59. The van der Waals surface area contributed by atoms with Crippen LogP contribution in [-0.2, 0) is 10.0 Å². The molecule has 8 heteroatoms. The number of hydrogen-bond donors (Lipinski definition) is 4. The van der Waals surface area contributed by atoms with Gasteiger partial charge in [0.05, 0.1) is 17.1 Å². The van der Waals surface area contributed by atoms with Gasteiger partial charge in [0.25, 0.3) is 10.0 Å². The van der Waals surface area contributed by atoms with Crippen molar-refractivity contribution in [1.29, 1.82) is 0 Å². The fourth-order valence-corrected chi connectivity index (χ4v) is 12.1. The van der Waals surface area contributed by atoms with E-state index in [1.807, 2.05) is 24.3 Å². The van der Waals surface area contributed by atoms with Crippen molar-refractivity contribution in [2.45, 2.75) is 103 Å². The lowest BCUT2D eigenvalue weighted by Gasteiger charge is -2.64. The fourth-order valence-electron chi connectivity index (χ4n) is 11.1. The number of amides is 2. The molecule has 4 N–H and O–H groups in total. The zero-order valence-electron chi connectivity index (χ0n) is 26.8. The van der Waals surface area contributed by atoms with E-state index in [1.54, 1.807) is 12.1 Å². The van der Waals surface area contributed by atoms with E-state index >= 15 is 0 Å². The van der Waals surface area contributed by atoms with Gasteiger partial charge in [-0.1, -0.05) is 64.4 Å². The highest BCUT2D eigenvalue weighted by molar-refractivity contribution is 7.90. The topological polar surface area (TPSA) is 116 Å². The Morgan fingerprint density at radius 3 is 2.41 bits per heavy atom. The summed E-state index contributed by atoms with van der Waals surface area (Å²) in [5.41, 5.74) is 0.345. The standard InChI is InChI=1S/C36H52N2O5S/c1-5-27-31-21-25(39)14-17-36(31,4)30-15-18-35(3)28(12-13-29(35)32(30)33(27)40)22(2)16-19-37-34(41)38-44(42,43)26-11-10-23-8-6-7-9-24(23)20-26/h6-11,20,22,25,27-33,39-40H,5,12-19,21H2,1-4H3,(H2,37,38,41)/t22-,25-,27-,28?,29+,30+,31?,32+,33-,35?,36?/m1/s1. The summed E-state index contributed by atoms with van der Waals surface area (Å²) in [5, 5.41) is 27.0. The number of carbonyl (C=O) groups excluding carboxylic acids is 1. The van der Waals surface area contributed by atoms with E-state index in [-0.39, 0.29) is 33.9 Å².